The Labute approximate surface area is 229 Å². The highest BCUT2D eigenvalue weighted by Crippen LogP contribution is 2.43. The number of pyridine rings is 1. The molecule has 188 valence electrons. The van der Waals surface area contributed by atoms with Crippen LogP contribution in [0.1, 0.15) is 23.5 Å². The van der Waals surface area contributed by atoms with Crippen molar-refractivity contribution in [3.63, 3.8) is 0 Å². The van der Waals surface area contributed by atoms with Gasteiger partial charge in [-0.25, -0.2) is 0 Å². The van der Waals surface area contributed by atoms with E-state index in [2.05, 4.69) is 15.6 Å². The second-order valence-electron chi connectivity index (χ2n) is 8.36. The van der Waals surface area contributed by atoms with E-state index in [0.29, 0.717) is 32.4 Å². The Morgan fingerprint density at radius 1 is 1.11 bits per heavy atom. The van der Waals surface area contributed by atoms with Crippen molar-refractivity contribution >= 4 is 57.8 Å². The van der Waals surface area contributed by atoms with Crippen LogP contribution < -0.4 is 15.5 Å². The number of rotatable bonds is 7. The van der Waals surface area contributed by atoms with Gasteiger partial charge in [-0.05, 0) is 78.9 Å². The Morgan fingerprint density at radius 2 is 1.92 bits per heavy atom. The number of benzene rings is 2. The molecule has 4 aromatic rings. The van der Waals surface area contributed by atoms with Gasteiger partial charge in [0.2, 0.25) is 5.91 Å². The van der Waals surface area contributed by atoms with Crippen molar-refractivity contribution in [2.75, 3.05) is 23.9 Å². The third kappa shape index (κ3) is 5.33. The number of halogens is 2. The van der Waals surface area contributed by atoms with Crippen molar-refractivity contribution in [3.8, 4) is 11.3 Å². The van der Waals surface area contributed by atoms with Crippen LogP contribution in [0.4, 0.5) is 11.4 Å². The maximum atomic E-state index is 11.9. The number of aromatic nitrogens is 1. The summed E-state index contributed by atoms with van der Waals surface area (Å²) in [7, 11) is 1.48. The lowest BCUT2D eigenvalue weighted by atomic mass is 10.0. The first-order valence-electron chi connectivity index (χ1n) is 11.4. The lowest BCUT2D eigenvalue weighted by Gasteiger charge is -2.26. The smallest absolute Gasteiger partial charge is 0.250 e. The number of carbonyl (C=O) groups excluding carboxylic acids is 1. The molecule has 2 atom stereocenters. The fraction of sp³-hybridized carbons (Fsp3) is 0.148. The Balaban J connectivity index is 1.51. The normalized spacial score (nSPS) is 17.1. The molecule has 1 amide bonds. The van der Waals surface area contributed by atoms with E-state index >= 15 is 0 Å². The zero-order valence-electron chi connectivity index (χ0n) is 19.7. The Kier molecular flexibility index (Phi) is 7.43. The highest BCUT2D eigenvalue weighted by atomic mass is 35.5. The van der Waals surface area contributed by atoms with Gasteiger partial charge < -0.3 is 24.7 Å². The third-order valence-corrected chi connectivity index (χ3v) is 6.98. The first-order valence-corrected chi connectivity index (χ1v) is 12.6. The van der Waals surface area contributed by atoms with Gasteiger partial charge in [0.25, 0.3) is 0 Å². The largest absolute Gasteiger partial charge is 0.459 e. The van der Waals surface area contributed by atoms with Crippen LogP contribution in [-0.2, 0) is 9.53 Å². The fourth-order valence-electron chi connectivity index (χ4n) is 4.27. The topological polar surface area (TPSA) is 79.6 Å². The lowest BCUT2D eigenvalue weighted by Crippen LogP contribution is -2.29. The number of hydrogen-bond acceptors (Lipinski definition) is 5. The van der Waals surface area contributed by atoms with Gasteiger partial charge in [0.15, 0.2) is 5.11 Å². The second kappa shape index (κ2) is 10.9. The van der Waals surface area contributed by atoms with Gasteiger partial charge in [-0.1, -0.05) is 29.3 Å². The average Bonchev–Trinajstić information content (AvgIpc) is 3.51. The Bertz CT molecular complexity index is 1430. The summed E-state index contributed by atoms with van der Waals surface area (Å²) in [4.78, 5) is 18.4. The van der Waals surface area contributed by atoms with Crippen LogP contribution in [0.15, 0.2) is 83.4 Å². The molecule has 0 spiro atoms. The summed E-state index contributed by atoms with van der Waals surface area (Å²) in [6, 6.07) is 21.8. The summed E-state index contributed by atoms with van der Waals surface area (Å²) < 4.78 is 11.2. The fourth-order valence-corrected chi connectivity index (χ4v) is 4.92. The van der Waals surface area contributed by atoms with Crippen LogP contribution in [0, 0.1) is 0 Å². The molecule has 2 N–H and O–H groups in total. The van der Waals surface area contributed by atoms with Gasteiger partial charge in [0.1, 0.15) is 24.2 Å². The number of carbonyl (C=O) groups is 1. The number of nitrogens with one attached hydrogen (secondary N) is 2. The number of ether oxygens (including phenoxy) is 1. The number of anilines is 2. The molecule has 2 aromatic heterocycles. The number of methoxy groups -OCH3 is 1. The van der Waals surface area contributed by atoms with Crippen LogP contribution in [0.2, 0.25) is 10.0 Å². The average molecular weight is 553 g/mol. The SMILES string of the molecule is COCC(=O)Nc1ccc(N2C(=S)NC(c3ccccn3)C2c2ccc(-c3ccc(Cl)c(Cl)c3)o2)cc1. The van der Waals surface area contributed by atoms with E-state index in [9.17, 15) is 4.79 Å². The minimum atomic E-state index is -0.326. The highest BCUT2D eigenvalue weighted by Gasteiger charge is 2.42. The van der Waals surface area contributed by atoms with Crippen molar-refractivity contribution in [1.82, 2.24) is 10.3 Å². The van der Waals surface area contributed by atoms with Crippen LogP contribution >= 0.6 is 35.4 Å². The van der Waals surface area contributed by atoms with E-state index in [0.717, 1.165) is 16.9 Å². The van der Waals surface area contributed by atoms with Crippen molar-refractivity contribution in [2.45, 2.75) is 12.1 Å². The molecule has 1 saturated heterocycles. The number of hydrogen-bond donors (Lipinski definition) is 2. The molecule has 0 radical (unpaired) electrons. The van der Waals surface area contributed by atoms with E-state index in [1.165, 1.54) is 7.11 Å². The molecule has 0 aliphatic carbocycles. The van der Waals surface area contributed by atoms with Gasteiger partial charge >= 0.3 is 0 Å². The first kappa shape index (κ1) is 25.2. The molecule has 0 saturated carbocycles. The second-order valence-corrected chi connectivity index (χ2v) is 9.56. The maximum Gasteiger partial charge on any atom is 0.250 e. The lowest BCUT2D eigenvalue weighted by molar-refractivity contribution is -0.119. The van der Waals surface area contributed by atoms with E-state index < -0.39 is 0 Å². The van der Waals surface area contributed by atoms with Gasteiger partial charge in [-0.3, -0.25) is 9.78 Å². The van der Waals surface area contributed by atoms with E-state index in [1.807, 2.05) is 65.6 Å². The highest BCUT2D eigenvalue weighted by molar-refractivity contribution is 7.80. The number of thiocarbonyl (C=S) groups is 1. The summed E-state index contributed by atoms with van der Waals surface area (Å²) in [5, 5.41) is 7.67. The standard InChI is InChI=1S/C27H22Cl2N4O3S/c1-35-15-24(34)31-17-6-8-18(9-7-17)33-26(25(32-27(33)37)21-4-2-3-13-30-21)23-12-11-22(36-23)16-5-10-19(28)20(29)14-16/h2-14,25-26H,15H2,1H3,(H,31,34)(H,32,37). The molecule has 5 rings (SSSR count). The number of nitrogens with zero attached hydrogens (tertiary/aromatic N) is 2. The van der Waals surface area contributed by atoms with Crippen molar-refractivity contribution < 1.29 is 13.9 Å². The predicted molar refractivity (Wildman–Crippen MR) is 149 cm³/mol. The van der Waals surface area contributed by atoms with E-state index in [1.54, 1.807) is 18.3 Å². The van der Waals surface area contributed by atoms with Gasteiger partial charge in [-0.2, -0.15) is 0 Å². The molecule has 1 fully saturated rings. The summed E-state index contributed by atoms with van der Waals surface area (Å²) >= 11 is 18.1. The number of furan rings is 1. The molecule has 37 heavy (non-hydrogen) atoms. The van der Waals surface area contributed by atoms with Crippen LogP contribution in [-0.4, -0.2) is 29.7 Å². The Morgan fingerprint density at radius 3 is 2.62 bits per heavy atom. The monoisotopic (exact) mass is 552 g/mol. The molecule has 7 nitrogen and oxygen atoms in total. The molecule has 2 unspecified atom stereocenters. The molecular formula is C27H22Cl2N4O3S. The van der Waals surface area contributed by atoms with Gasteiger partial charge in [0.05, 0.1) is 21.8 Å². The molecule has 10 heteroatoms. The molecule has 2 aromatic carbocycles. The molecule has 0 bridgehead atoms. The predicted octanol–water partition coefficient (Wildman–Crippen LogP) is 6.41. The van der Waals surface area contributed by atoms with Gasteiger partial charge in [-0.15, -0.1) is 0 Å². The minimum absolute atomic E-state index is 0.0185. The first-order chi connectivity index (χ1) is 17.9. The minimum Gasteiger partial charge on any atom is -0.459 e. The van der Waals surface area contributed by atoms with Crippen LogP contribution in [0.25, 0.3) is 11.3 Å². The van der Waals surface area contributed by atoms with Crippen molar-refractivity contribution in [2.24, 2.45) is 0 Å². The molecule has 1 aliphatic heterocycles. The van der Waals surface area contributed by atoms with Crippen molar-refractivity contribution in [1.29, 1.82) is 0 Å². The third-order valence-electron chi connectivity index (χ3n) is 5.93. The zero-order chi connectivity index (χ0) is 25.9. The molecule has 1 aliphatic rings. The van der Waals surface area contributed by atoms with Gasteiger partial charge in [0, 0.05) is 30.2 Å². The quantitative estimate of drug-likeness (QED) is 0.256. The summed E-state index contributed by atoms with van der Waals surface area (Å²) in [5.74, 6) is 1.12. The number of amides is 1. The van der Waals surface area contributed by atoms with Crippen LogP contribution in [0.3, 0.4) is 0 Å². The summed E-state index contributed by atoms with van der Waals surface area (Å²) in [6.45, 7) is -0.0185. The van der Waals surface area contributed by atoms with E-state index in [4.69, 9.17) is 44.6 Å². The molecular weight excluding hydrogens is 531 g/mol. The maximum absolute atomic E-state index is 11.9. The van der Waals surface area contributed by atoms with E-state index in [-0.39, 0.29) is 24.6 Å². The molecule has 3 heterocycles. The Hall–Kier alpha value is -3.43. The summed E-state index contributed by atoms with van der Waals surface area (Å²) in [5.41, 5.74) is 3.12. The van der Waals surface area contributed by atoms with Crippen molar-refractivity contribution in [3.05, 3.63) is 100 Å². The zero-order valence-corrected chi connectivity index (χ0v) is 22.0. The summed E-state index contributed by atoms with van der Waals surface area (Å²) in [6.07, 6.45) is 1.75. The van der Waals surface area contributed by atoms with Crippen LogP contribution in [0.5, 0.6) is 0 Å².